The molecule has 3 rings (SSSR count). The molecule has 2 fully saturated rings. The van der Waals surface area contributed by atoms with Crippen LogP contribution in [0.25, 0.3) is 0 Å². The molecule has 0 bridgehead atoms. The van der Waals surface area contributed by atoms with Crippen LogP contribution in [0.3, 0.4) is 0 Å². The highest BCUT2D eigenvalue weighted by molar-refractivity contribution is 5.01. The third-order valence-corrected chi connectivity index (χ3v) is 3.21. The molecule has 1 aliphatic carbocycles. The summed E-state index contributed by atoms with van der Waals surface area (Å²) >= 11 is 0. The van der Waals surface area contributed by atoms with Crippen LogP contribution in [0.4, 0.5) is 0 Å². The van der Waals surface area contributed by atoms with E-state index < -0.39 is 0 Å². The van der Waals surface area contributed by atoms with Crippen LogP contribution in [-0.2, 0) is 6.54 Å². The van der Waals surface area contributed by atoms with Gasteiger partial charge in [0.2, 0.25) is 5.89 Å². The summed E-state index contributed by atoms with van der Waals surface area (Å²) in [5.74, 6) is 2.26. The van der Waals surface area contributed by atoms with E-state index in [0.717, 1.165) is 44.4 Å². The molecule has 0 unspecified atom stereocenters. The number of nitrogens with zero attached hydrogens (tertiary/aromatic N) is 3. The number of aromatic nitrogens is 2. The molecular weight excluding hydrogens is 204 g/mol. The lowest BCUT2D eigenvalue weighted by Crippen LogP contribution is -2.28. The second-order valence-corrected chi connectivity index (χ2v) is 4.70. The fraction of sp³-hybridized carbons (Fsp3) is 0.818. The summed E-state index contributed by atoms with van der Waals surface area (Å²) in [6.45, 7) is 5.22. The van der Waals surface area contributed by atoms with Crippen LogP contribution in [-0.4, -0.2) is 41.2 Å². The summed E-state index contributed by atoms with van der Waals surface area (Å²) in [5.41, 5.74) is 0. The normalized spacial score (nSPS) is 23.2. The van der Waals surface area contributed by atoms with Crippen molar-refractivity contribution in [3.05, 3.63) is 11.7 Å². The highest BCUT2D eigenvalue weighted by atomic mass is 16.5. The van der Waals surface area contributed by atoms with Gasteiger partial charge in [0.25, 0.3) is 0 Å². The summed E-state index contributed by atoms with van der Waals surface area (Å²) in [6.07, 6.45) is 3.64. The van der Waals surface area contributed by atoms with Crippen molar-refractivity contribution in [3.63, 3.8) is 0 Å². The molecule has 88 valence electrons. The van der Waals surface area contributed by atoms with E-state index in [4.69, 9.17) is 4.52 Å². The number of rotatable bonds is 3. The molecule has 1 saturated heterocycles. The molecule has 16 heavy (non-hydrogen) atoms. The van der Waals surface area contributed by atoms with Crippen molar-refractivity contribution in [1.29, 1.82) is 0 Å². The molecule has 2 heterocycles. The SMILES string of the molecule is C1CNCCN(Cc2noc(C3CC3)n2)C1. The first kappa shape index (κ1) is 10.2. The molecule has 0 spiro atoms. The lowest BCUT2D eigenvalue weighted by molar-refractivity contribution is 0.270. The van der Waals surface area contributed by atoms with Gasteiger partial charge in [-0.3, -0.25) is 4.90 Å². The third-order valence-electron chi connectivity index (χ3n) is 3.21. The Hall–Kier alpha value is -0.940. The molecule has 2 aliphatic rings. The Morgan fingerprint density at radius 2 is 2.25 bits per heavy atom. The van der Waals surface area contributed by atoms with Gasteiger partial charge in [-0.15, -0.1) is 0 Å². The standard InChI is InChI=1S/C11H18N4O/c1-4-12-5-7-15(6-1)8-10-13-11(16-14-10)9-2-3-9/h9,12H,1-8H2. The van der Waals surface area contributed by atoms with Crippen molar-refractivity contribution in [2.45, 2.75) is 31.7 Å². The molecule has 5 heteroatoms. The summed E-state index contributed by atoms with van der Waals surface area (Å²) in [7, 11) is 0. The molecule has 5 nitrogen and oxygen atoms in total. The van der Waals surface area contributed by atoms with Crippen molar-refractivity contribution < 1.29 is 4.52 Å². The minimum atomic E-state index is 0.562. The minimum Gasteiger partial charge on any atom is -0.339 e. The van der Waals surface area contributed by atoms with Gasteiger partial charge in [-0.2, -0.15) is 4.98 Å². The first-order chi connectivity index (χ1) is 7.92. The zero-order valence-corrected chi connectivity index (χ0v) is 9.48. The smallest absolute Gasteiger partial charge is 0.229 e. The minimum absolute atomic E-state index is 0.562. The highest BCUT2D eigenvalue weighted by Gasteiger charge is 2.29. The summed E-state index contributed by atoms with van der Waals surface area (Å²) < 4.78 is 5.26. The maximum Gasteiger partial charge on any atom is 0.229 e. The quantitative estimate of drug-likeness (QED) is 0.817. The Bertz CT molecular complexity index is 340. The van der Waals surface area contributed by atoms with Gasteiger partial charge >= 0.3 is 0 Å². The van der Waals surface area contributed by atoms with Crippen molar-refractivity contribution in [2.24, 2.45) is 0 Å². The molecule has 1 aliphatic heterocycles. The second-order valence-electron chi connectivity index (χ2n) is 4.70. The largest absolute Gasteiger partial charge is 0.339 e. The van der Waals surface area contributed by atoms with E-state index in [1.54, 1.807) is 0 Å². The summed E-state index contributed by atoms with van der Waals surface area (Å²) in [5, 5.41) is 7.44. The molecule has 0 aromatic carbocycles. The molecule has 0 radical (unpaired) electrons. The summed E-state index contributed by atoms with van der Waals surface area (Å²) in [6, 6.07) is 0. The predicted molar refractivity (Wildman–Crippen MR) is 59.0 cm³/mol. The number of hydrogen-bond acceptors (Lipinski definition) is 5. The molecule has 1 saturated carbocycles. The van der Waals surface area contributed by atoms with Crippen LogP contribution in [0.5, 0.6) is 0 Å². The predicted octanol–water partition coefficient (Wildman–Crippen LogP) is 0.742. The van der Waals surface area contributed by atoms with Crippen LogP contribution in [0.15, 0.2) is 4.52 Å². The van der Waals surface area contributed by atoms with E-state index in [2.05, 4.69) is 20.4 Å². The van der Waals surface area contributed by atoms with Gasteiger partial charge in [-0.05, 0) is 32.4 Å². The van der Waals surface area contributed by atoms with Crippen molar-refractivity contribution >= 4 is 0 Å². The van der Waals surface area contributed by atoms with Gasteiger partial charge in [-0.25, -0.2) is 0 Å². The lowest BCUT2D eigenvalue weighted by atomic mass is 10.4. The fourth-order valence-electron chi connectivity index (χ4n) is 2.09. The topological polar surface area (TPSA) is 54.2 Å². The maximum absolute atomic E-state index is 5.26. The Morgan fingerprint density at radius 1 is 1.31 bits per heavy atom. The molecular formula is C11H18N4O. The van der Waals surface area contributed by atoms with Gasteiger partial charge in [0.15, 0.2) is 5.82 Å². The van der Waals surface area contributed by atoms with E-state index in [1.165, 1.54) is 19.3 Å². The van der Waals surface area contributed by atoms with Crippen molar-refractivity contribution in [2.75, 3.05) is 26.2 Å². The number of nitrogens with one attached hydrogen (secondary N) is 1. The Kier molecular flexibility index (Phi) is 2.88. The average molecular weight is 222 g/mol. The first-order valence-corrected chi connectivity index (χ1v) is 6.17. The van der Waals surface area contributed by atoms with Crippen molar-refractivity contribution in [3.8, 4) is 0 Å². The monoisotopic (exact) mass is 222 g/mol. The fourth-order valence-corrected chi connectivity index (χ4v) is 2.09. The van der Waals surface area contributed by atoms with Crippen LogP contribution < -0.4 is 5.32 Å². The van der Waals surface area contributed by atoms with Crippen LogP contribution in [0.1, 0.15) is 36.9 Å². The van der Waals surface area contributed by atoms with Crippen LogP contribution in [0, 0.1) is 0 Å². The number of hydrogen-bond donors (Lipinski definition) is 1. The van der Waals surface area contributed by atoms with Gasteiger partial charge in [0.05, 0.1) is 6.54 Å². The Labute approximate surface area is 95.2 Å². The zero-order chi connectivity index (χ0) is 10.8. The average Bonchev–Trinajstić information content (AvgIpc) is 3.07. The Balaban J connectivity index is 1.58. The Morgan fingerprint density at radius 3 is 3.12 bits per heavy atom. The van der Waals surface area contributed by atoms with Gasteiger partial charge in [-0.1, -0.05) is 5.16 Å². The molecule has 0 amide bonds. The van der Waals surface area contributed by atoms with Gasteiger partial charge in [0.1, 0.15) is 0 Å². The van der Waals surface area contributed by atoms with Gasteiger partial charge < -0.3 is 9.84 Å². The summed E-state index contributed by atoms with van der Waals surface area (Å²) in [4.78, 5) is 6.85. The highest BCUT2D eigenvalue weighted by Crippen LogP contribution is 2.38. The molecule has 1 aromatic rings. The van der Waals surface area contributed by atoms with E-state index in [0.29, 0.717) is 5.92 Å². The first-order valence-electron chi connectivity index (χ1n) is 6.17. The maximum atomic E-state index is 5.26. The van der Waals surface area contributed by atoms with E-state index in [9.17, 15) is 0 Å². The molecule has 1 N–H and O–H groups in total. The van der Waals surface area contributed by atoms with E-state index in [1.807, 2.05) is 0 Å². The zero-order valence-electron chi connectivity index (χ0n) is 9.48. The van der Waals surface area contributed by atoms with Gasteiger partial charge in [0, 0.05) is 19.0 Å². The van der Waals surface area contributed by atoms with E-state index >= 15 is 0 Å². The second kappa shape index (κ2) is 4.51. The molecule has 1 aromatic heterocycles. The van der Waals surface area contributed by atoms with Crippen LogP contribution in [0.2, 0.25) is 0 Å². The van der Waals surface area contributed by atoms with Crippen LogP contribution >= 0.6 is 0 Å². The molecule has 0 atom stereocenters. The lowest BCUT2D eigenvalue weighted by Gasteiger charge is -2.16. The third kappa shape index (κ3) is 2.41. The van der Waals surface area contributed by atoms with E-state index in [-0.39, 0.29) is 0 Å². The van der Waals surface area contributed by atoms with Crippen molar-refractivity contribution in [1.82, 2.24) is 20.4 Å².